The predicted octanol–water partition coefficient (Wildman–Crippen LogP) is -0.159. The highest BCUT2D eigenvalue weighted by Gasteiger charge is 2.40. The topological polar surface area (TPSA) is 86.6 Å². The van der Waals surface area contributed by atoms with E-state index in [1.807, 2.05) is 0 Å². The van der Waals surface area contributed by atoms with Crippen LogP contribution in [0.25, 0.3) is 11.5 Å². The van der Waals surface area contributed by atoms with E-state index in [0.717, 1.165) is 6.07 Å². The van der Waals surface area contributed by atoms with Crippen LogP contribution in [0.5, 0.6) is 0 Å². The number of imide groups is 1. The Labute approximate surface area is 113 Å². The molecule has 1 aliphatic heterocycles. The second-order valence-corrected chi connectivity index (χ2v) is 5.00. The summed E-state index contributed by atoms with van der Waals surface area (Å²) in [6.45, 7) is 0. The number of benzene rings is 1. The summed E-state index contributed by atoms with van der Waals surface area (Å²) in [6, 6.07) is 3.66. The van der Waals surface area contributed by atoms with Gasteiger partial charge in [0, 0.05) is 16.9 Å². The van der Waals surface area contributed by atoms with E-state index < -0.39 is 23.6 Å². The molecule has 6 heteroatoms. The Morgan fingerprint density at radius 1 is 1.15 bits per heavy atom. The van der Waals surface area contributed by atoms with Gasteiger partial charge in [0.1, 0.15) is 17.3 Å². The summed E-state index contributed by atoms with van der Waals surface area (Å²) in [5.74, 6) is -3.47. The SMILES string of the molecule is O=C1CCC(C2C(O)=c3ccc(F)cc3=C2O)C(=O)N1. The zero-order chi connectivity index (χ0) is 14.4. The molecule has 2 unspecified atom stereocenters. The van der Waals surface area contributed by atoms with E-state index in [9.17, 15) is 24.2 Å². The maximum Gasteiger partial charge on any atom is 0.230 e. The first-order valence-corrected chi connectivity index (χ1v) is 6.24. The van der Waals surface area contributed by atoms with Crippen LogP contribution in [-0.2, 0) is 9.59 Å². The Hall–Kier alpha value is -2.37. The number of aliphatic hydroxyl groups is 2. The van der Waals surface area contributed by atoms with Gasteiger partial charge < -0.3 is 10.2 Å². The normalized spacial score (nSPS) is 25.6. The van der Waals surface area contributed by atoms with Gasteiger partial charge in [0.15, 0.2) is 0 Å². The number of nitrogens with one attached hydrogen (secondary N) is 1. The number of fused-ring (bicyclic) bond motifs is 1. The van der Waals surface area contributed by atoms with Gasteiger partial charge in [0.25, 0.3) is 0 Å². The van der Waals surface area contributed by atoms with Crippen molar-refractivity contribution in [3.05, 3.63) is 34.5 Å². The molecule has 0 bridgehead atoms. The van der Waals surface area contributed by atoms with Crippen LogP contribution in [0.4, 0.5) is 4.39 Å². The van der Waals surface area contributed by atoms with Gasteiger partial charge in [0.05, 0.1) is 11.8 Å². The molecule has 2 amide bonds. The zero-order valence-corrected chi connectivity index (χ0v) is 10.4. The van der Waals surface area contributed by atoms with Gasteiger partial charge in [-0.3, -0.25) is 14.9 Å². The molecule has 3 N–H and O–H groups in total. The molecule has 0 aromatic heterocycles. The highest BCUT2D eigenvalue weighted by atomic mass is 19.1. The van der Waals surface area contributed by atoms with E-state index in [4.69, 9.17) is 0 Å². The molecular weight excluding hydrogens is 265 g/mol. The molecule has 1 saturated heterocycles. The zero-order valence-electron chi connectivity index (χ0n) is 10.4. The molecule has 2 aliphatic rings. The minimum absolute atomic E-state index is 0.151. The fourth-order valence-electron chi connectivity index (χ4n) is 2.83. The lowest BCUT2D eigenvalue weighted by Crippen LogP contribution is -2.44. The van der Waals surface area contributed by atoms with E-state index in [0.29, 0.717) is 5.22 Å². The van der Waals surface area contributed by atoms with Crippen LogP contribution in [-0.4, -0.2) is 22.0 Å². The molecule has 1 aliphatic carbocycles. The van der Waals surface area contributed by atoms with Crippen molar-refractivity contribution in [3.63, 3.8) is 0 Å². The van der Waals surface area contributed by atoms with Crippen LogP contribution in [0.3, 0.4) is 0 Å². The average molecular weight is 277 g/mol. The Bertz CT molecular complexity index is 740. The van der Waals surface area contributed by atoms with Crippen molar-refractivity contribution in [2.24, 2.45) is 11.8 Å². The fourth-order valence-corrected chi connectivity index (χ4v) is 2.83. The number of carbonyl (C=O) groups excluding carboxylic acids is 2. The fraction of sp³-hybridized carbons (Fsp3) is 0.286. The van der Waals surface area contributed by atoms with Crippen LogP contribution >= 0.6 is 0 Å². The molecule has 2 atom stereocenters. The van der Waals surface area contributed by atoms with Crippen molar-refractivity contribution >= 4 is 23.3 Å². The number of rotatable bonds is 1. The Balaban J connectivity index is 2.09. The standard InChI is InChI=1S/C14H12FNO4/c15-6-1-2-7-9(5-6)13(19)11(12(7)18)8-3-4-10(17)16-14(8)20/h1-2,5,8,11,18-19H,3-4H2,(H,16,17,20). The van der Waals surface area contributed by atoms with Gasteiger partial charge in [-0.1, -0.05) is 0 Å². The van der Waals surface area contributed by atoms with Gasteiger partial charge in [0.2, 0.25) is 11.8 Å². The predicted molar refractivity (Wildman–Crippen MR) is 67.1 cm³/mol. The quantitative estimate of drug-likeness (QED) is 0.623. The maximum absolute atomic E-state index is 13.2. The first kappa shape index (κ1) is 12.7. The lowest BCUT2D eigenvalue weighted by molar-refractivity contribution is -0.137. The van der Waals surface area contributed by atoms with Crippen LogP contribution in [0.15, 0.2) is 18.2 Å². The van der Waals surface area contributed by atoms with Gasteiger partial charge >= 0.3 is 0 Å². The third kappa shape index (κ3) is 1.76. The molecule has 1 fully saturated rings. The molecule has 0 radical (unpaired) electrons. The van der Waals surface area contributed by atoms with E-state index in [-0.39, 0.29) is 35.5 Å². The Morgan fingerprint density at radius 2 is 1.85 bits per heavy atom. The summed E-state index contributed by atoms with van der Waals surface area (Å²) in [5.41, 5.74) is 0. The van der Waals surface area contributed by atoms with E-state index in [1.165, 1.54) is 12.1 Å². The lowest BCUT2D eigenvalue weighted by Gasteiger charge is -2.26. The Morgan fingerprint density at radius 3 is 2.55 bits per heavy atom. The third-order valence-corrected chi connectivity index (χ3v) is 3.81. The van der Waals surface area contributed by atoms with Gasteiger partial charge in [-0.05, 0) is 24.6 Å². The van der Waals surface area contributed by atoms with Crippen LogP contribution < -0.4 is 15.8 Å². The van der Waals surface area contributed by atoms with Crippen LogP contribution in [0.2, 0.25) is 0 Å². The summed E-state index contributed by atoms with van der Waals surface area (Å²) in [5, 5.41) is 23.1. The van der Waals surface area contributed by atoms with E-state index in [1.54, 1.807) is 0 Å². The minimum Gasteiger partial charge on any atom is -0.511 e. The molecule has 0 spiro atoms. The summed E-state index contributed by atoms with van der Waals surface area (Å²) in [6.07, 6.45) is 0.387. The third-order valence-electron chi connectivity index (χ3n) is 3.81. The molecule has 5 nitrogen and oxygen atoms in total. The first-order chi connectivity index (χ1) is 9.49. The molecule has 1 heterocycles. The summed E-state index contributed by atoms with van der Waals surface area (Å²) >= 11 is 0. The number of halogens is 1. The van der Waals surface area contributed by atoms with Crippen LogP contribution in [0, 0.1) is 17.7 Å². The highest BCUT2D eigenvalue weighted by molar-refractivity contribution is 6.00. The summed E-state index contributed by atoms with van der Waals surface area (Å²) < 4.78 is 13.2. The number of amides is 2. The highest BCUT2D eigenvalue weighted by Crippen LogP contribution is 2.33. The molecule has 0 saturated carbocycles. The first-order valence-electron chi connectivity index (χ1n) is 6.24. The monoisotopic (exact) mass is 277 g/mol. The van der Waals surface area contributed by atoms with E-state index in [2.05, 4.69) is 5.32 Å². The van der Waals surface area contributed by atoms with Gasteiger partial charge in [-0.15, -0.1) is 0 Å². The molecule has 1 aromatic carbocycles. The van der Waals surface area contributed by atoms with Crippen LogP contribution in [0.1, 0.15) is 12.8 Å². The average Bonchev–Trinajstić information content (AvgIpc) is 2.63. The molecular formula is C14H12FNO4. The number of hydrogen-bond donors (Lipinski definition) is 3. The second kappa shape index (κ2) is 4.33. The summed E-state index contributed by atoms with van der Waals surface area (Å²) in [4.78, 5) is 23.0. The van der Waals surface area contributed by atoms with Crippen molar-refractivity contribution in [2.45, 2.75) is 12.8 Å². The smallest absolute Gasteiger partial charge is 0.230 e. The lowest BCUT2D eigenvalue weighted by atomic mass is 9.84. The van der Waals surface area contributed by atoms with E-state index >= 15 is 0 Å². The van der Waals surface area contributed by atoms with Crippen molar-refractivity contribution in [2.75, 3.05) is 0 Å². The van der Waals surface area contributed by atoms with Gasteiger partial charge in [-0.2, -0.15) is 0 Å². The second-order valence-electron chi connectivity index (χ2n) is 5.00. The minimum atomic E-state index is -0.917. The molecule has 20 heavy (non-hydrogen) atoms. The maximum atomic E-state index is 13.2. The van der Waals surface area contributed by atoms with Crippen molar-refractivity contribution < 1.29 is 24.2 Å². The molecule has 3 rings (SSSR count). The van der Waals surface area contributed by atoms with Crippen molar-refractivity contribution in [1.29, 1.82) is 0 Å². The van der Waals surface area contributed by atoms with Gasteiger partial charge in [-0.25, -0.2) is 4.39 Å². The number of piperidine rings is 1. The number of aliphatic hydroxyl groups excluding tert-OH is 2. The van der Waals surface area contributed by atoms with Crippen molar-refractivity contribution in [3.8, 4) is 0 Å². The molecule has 1 aromatic rings. The number of hydrogen-bond acceptors (Lipinski definition) is 4. The number of carbonyl (C=O) groups is 2. The molecule has 104 valence electrons. The van der Waals surface area contributed by atoms with Crippen molar-refractivity contribution in [1.82, 2.24) is 5.32 Å². The Kier molecular flexibility index (Phi) is 2.74. The summed E-state index contributed by atoms with van der Waals surface area (Å²) in [7, 11) is 0. The largest absolute Gasteiger partial charge is 0.511 e.